The molecule has 4 rings (SSSR count). The van der Waals surface area contributed by atoms with E-state index >= 15 is 0 Å². The van der Waals surface area contributed by atoms with Gasteiger partial charge in [-0.1, -0.05) is 54.7 Å². The van der Waals surface area contributed by atoms with Gasteiger partial charge in [-0.2, -0.15) is 0 Å². The van der Waals surface area contributed by atoms with Crippen molar-refractivity contribution in [1.29, 1.82) is 0 Å². The second-order valence-electron chi connectivity index (χ2n) is 5.76. The zero-order chi connectivity index (χ0) is 16.4. The highest BCUT2D eigenvalue weighted by Crippen LogP contribution is 2.22. The van der Waals surface area contributed by atoms with Gasteiger partial charge < -0.3 is 5.32 Å². The van der Waals surface area contributed by atoms with Crippen LogP contribution in [-0.4, -0.2) is 9.97 Å². The normalized spacial score (nSPS) is 11.0. The summed E-state index contributed by atoms with van der Waals surface area (Å²) in [4.78, 5) is 5.20. The van der Waals surface area contributed by atoms with Crippen molar-refractivity contribution < 1.29 is 0 Å². The largest absolute Gasteiger partial charge is 0.350 e. The van der Waals surface area contributed by atoms with Gasteiger partial charge in [0.05, 0.1) is 20.7 Å². The van der Waals surface area contributed by atoms with Crippen LogP contribution in [0.5, 0.6) is 0 Å². The van der Waals surface area contributed by atoms with Crippen LogP contribution in [0, 0.1) is 0 Å². The Kier molecular flexibility index (Phi) is 4.24. The van der Waals surface area contributed by atoms with Crippen molar-refractivity contribution in [1.82, 2.24) is 4.98 Å². The number of aromatic nitrogens is 1. The molecule has 1 heterocycles. The average Bonchev–Trinajstić information content (AvgIpc) is 3.07. The Morgan fingerprint density at radius 1 is 1.00 bits per heavy atom. The number of nitrogens with zero attached hydrogens (tertiary/aromatic N) is 1. The van der Waals surface area contributed by atoms with Gasteiger partial charge in [-0.15, -0.1) is 11.3 Å². The molecule has 2 nitrogen and oxygen atoms in total. The van der Waals surface area contributed by atoms with Crippen molar-refractivity contribution in [3.8, 4) is 0 Å². The summed E-state index contributed by atoms with van der Waals surface area (Å²) in [6.45, 7) is 0. The minimum atomic E-state index is 0.836. The maximum absolute atomic E-state index is 5.50. The zero-order valence-electron chi connectivity index (χ0n) is 13.0. The molecule has 0 fully saturated rings. The first-order valence-corrected chi connectivity index (χ1v) is 9.17. The Labute approximate surface area is 150 Å². The van der Waals surface area contributed by atoms with Crippen molar-refractivity contribution in [3.05, 3.63) is 71.7 Å². The van der Waals surface area contributed by atoms with E-state index in [9.17, 15) is 0 Å². The van der Waals surface area contributed by atoms with Gasteiger partial charge in [0.1, 0.15) is 0 Å². The van der Waals surface area contributed by atoms with E-state index in [1.54, 1.807) is 11.3 Å². The van der Waals surface area contributed by atoms with Crippen LogP contribution in [0.3, 0.4) is 0 Å². The monoisotopic (exact) mass is 348 g/mol. The summed E-state index contributed by atoms with van der Waals surface area (Å²) in [6, 6.07) is 21.2. The molecule has 0 aliphatic rings. The van der Waals surface area contributed by atoms with E-state index in [4.69, 9.17) is 12.2 Å². The first-order valence-electron chi connectivity index (χ1n) is 7.89. The number of aryl methyl sites for hydroxylation is 1. The predicted octanol–water partition coefficient (Wildman–Crippen LogP) is 5.82. The van der Waals surface area contributed by atoms with Crippen molar-refractivity contribution >= 4 is 55.2 Å². The molecule has 1 N–H and O–H groups in total. The number of hydrogen-bond acceptors (Lipinski definition) is 3. The quantitative estimate of drug-likeness (QED) is 0.470. The van der Waals surface area contributed by atoms with Crippen molar-refractivity contribution in [2.75, 3.05) is 5.32 Å². The van der Waals surface area contributed by atoms with Crippen LogP contribution in [0.2, 0.25) is 0 Å². The van der Waals surface area contributed by atoms with E-state index in [1.165, 1.54) is 21.0 Å². The van der Waals surface area contributed by atoms with E-state index < -0.39 is 0 Å². The molecule has 0 aliphatic heterocycles. The standard InChI is InChI=1S/C20H16N2S2/c23-20(22-17-8-9-19-18(12-17)21-13-24-19)10-6-14-5-7-15-3-1-2-4-16(15)11-14/h1-5,7-9,11-13H,6,10H2,(H,22,23). The Balaban J connectivity index is 1.41. The molecule has 4 heteroatoms. The van der Waals surface area contributed by atoms with E-state index in [1.807, 2.05) is 11.6 Å². The average molecular weight is 348 g/mol. The molecule has 0 saturated heterocycles. The van der Waals surface area contributed by atoms with Gasteiger partial charge in [0.25, 0.3) is 0 Å². The topological polar surface area (TPSA) is 24.9 Å². The van der Waals surface area contributed by atoms with Crippen molar-refractivity contribution in [2.24, 2.45) is 0 Å². The summed E-state index contributed by atoms with van der Waals surface area (Å²) < 4.78 is 1.20. The van der Waals surface area contributed by atoms with Crippen LogP contribution in [0.15, 0.2) is 66.2 Å². The molecule has 0 saturated carbocycles. The fourth-order valence-electron chi connectivity index (χ4n) is 2.81. The molecular formula is C20H16N2S2. The number of nitrogens with one attached hydrogen (secondary N) is 1. The number of hydrogen-bond donors (Lipinski definition) is 1. The highest BCUT2D eigenvalue weighted by Gasteiger charge is 2.03. The number of rotatable bonds is 4. The third kappa shape index (κ3) is 3.30. The Bertz CT molecular complexity index is 1020. The SMILES string of the molecule is S=C(CCc1ccc2ccccc2c1)Nc1ccc2scnc2c1. The smallest absolute Gasteiger partial charge is 0.0832 e. The molecule has 0 bridgehead atoms. The Morgan fingerprint density at radius 3 is 2.79 bits per heavy atom. The maximum Gasteiger partial charge on any atom is 0.0832 e. The first-order chi connectivity index (χ1) is 11.8. The summed E-state index contributed by atoms with van der Waals surface area (Å²) in [7, 11) is 0. The molecule has 4 aromatic rings. The molecule has 3 aromatic carbocycles. The van der Waals surface area contributed by atoms with Gasteiger partial charge >= 0.3 is 0 Å². The van der Waals surface area contributed by atoms with Crippen LogP contribution in [0.4, 0.5) is 5.69 Å². The lowest BCUT2D eigenvalue weighted by Gasteiger charge is -2.09. The van der Waals surface area contributed by atoms with Crippen LogP contribution < -0.4 is 5.32 Å². The molecule has 0 atom stereocenters. The number of benzene rings is 3. The van der Waals surface area contributed by atoms with E-state index in [2.05, 4.69) is 64.9 Å². The summed E-state index contributed by atoms with van der Waals surface area (Å²) in [5.74, 6) is 0. The molecule has 0 radical (unpaired) electrons. The van der Waals surface area contributed by atoms with Crippen molar-refractivity contribution in [2.45, 2.75) is 12.8 Å². The zero-order valence-corrected chi connectivity index (χ0v) is 14.7. The highest BCUT2D eigenvalue weighted by molar-refractivity contribution is 7.80. The van der Waals surface area contributed by atoms with Gasteiger partial charge in [-0.05, 0) is 41.0 Å². The van der Waals surface area contributed by atoms with Gasteiger partial charge in [0, 0.05) is 12.1 Å². The van der Waals surface area contributed by atoms with E-state index in [0.29, 0.717) is 0 Å². The first kappa shape index (κ1) is 15.2. The molecule has 0 spiro atoms. The molecule has 0 unspecified atom stereocenters. The summed E-state index contributed by atoms with van der Waals surface area (Å²) >= 11 is 7.16. The van der Waals surface area contributed by atoms with Gasteiger partial charge in [0.15, 0.2) is 0 Å². The van der Waals surface area contributed by atoms with E-state index in [-0.39, 0.29) is 0 Å². The minimum Gasteiger partial charge on any atom is -0.350 e. The number of fused-ring (bicyclic) bond motifs is 2. The van der Waals surface area contributed by atoms with Gasteiger partial charge in [-0.3, -0.25) is 0 Å². The second-order valence-corrected chi connectivity index (χ2v) is 7.14. The van der Waals surface area contributed by atoms with E-state index in [0.717, 1.165) is 29.0 Å². The molecule has 24 heavy (non-hydrogen) atoms. The molecule has 0 aliphatic carbocycles. The van der Waals surface area contributed by atoms with Crippen LogP contribution in [0.1, 0.15) is 12.0 Å². The minimum absolute atomic E-state index is 0.836. The second kappa shape index (κ2) is 6.67. The number of thiazole rings is 1. The fourth-order valence-corrected chi connectivity index (χ4v) is 3.69. The summed E-state index contributed by atoms with van der Waals surface area (Å²) in [5, 5.41) is 5.88. The summed E-state index contributed by atoms with van der Waals surface area (Å²) in [6.07, 6.45) is 1.78. The number of thiocarbonyl (C=S) groups is 1. The van der Waals surface area contributed by atoms with Crippen LogP contribution in [0.25, 0.3) is 21.0 Å². The summed E-state index contributed by atoms with van der Waals surface area (Å²) in [5.41, 5.74) is 5.21. The lowest BCUT2D eigenvalue weighted by Crippen LogP contribution is -2.09. The Hall–Kier alpha value is -2.30. The molecular weight excluding hydrogens is 332 g/mol. The lowest BCUT2D eigenvalue weighted by atomic mass is 10.0. The third-order valence-electron chi connectivity index (χ3n) is 4.07. The van der Waals surface area contributed by atoms with Crippen LogP contribution in [-0.2, 0) is 6.42 Å². The van der Waals surface area contributed by atoms with Crippen LogP contribution >= 0.6 is 23.6 Å². The Morgan fingerprint density at radius 2 is 1.88 bits per heavy atom. The predicted molar refractivity (Wildman–Crippen MR) is 108 cm³/mol. The highest BCUT2D eigenvalue weighted by atomic mass is 32.1. The number of anilines is 1. The van der Waals surface area contributed by atoms with Gasteiger partial charge in [-0.25, -0.2) is 4.98 Å². The molecule has 0 amide bonds. The third-order valence-corrected chi connectivity index (χ3v) is 5.18. The molecule has 118 valence electrons. The maximum atomic E-state index is 5.50. The fraction of sp³-hybridized carbons (Fsp3) is 0.100. The lowest BCUT2D eigenvalue weighted by molar-refractivity contribution is 1.05. The van der Waals surface area contributed by atoms with Crippen molar-refractivity contribution in [3.63, 3.8) is 0 Å². The molecule has 1 aromatic heterocycles. The van der Waals surface area contributed by atoms with Gasteiger partial charge in [0.2, 0.25) is 0 Å².